The van der Waals surface area contributed by atoms with Crippen molar-refractivity contribution in [1.82, 2.24) is 20.1 Å². The van der Waals surface area contributed by atoms with Crippen LogP contribution in [0.3, 0.4) is 0 Å². The molecular weight excluding hydrogens is 404 g/mol. The zero-order valence-corrected chi connectivity index (χ0v) is 19.4. The van der Waals surface area contributed by atoms with E-state index in [9.17, 15) is 4.79 Å². The molecule has 0 bridgehead atoms. The molecule has 0 saturated heterocycles. The van der Waals surface area contributed by atoms with Crippen molar-refractivity contribution in [1.29, 1.82) is 0 Å². The Balaban J connectivity index is 1.82. The van der Waals surface area contributed by atoms with E-state index < -0.39 is 0 Å². The number of nitrogens with zero attached hydrogens (tertiary/aromatic N) is 3. The van der Waals surface area contributed by atoms with Crippen LogP contribution >= 0.6 is 11.8 Å². The third-order valence-corrected chi connectivity index (χ3v) is 6.13. The molecule has 3 aromatic rings. The molecule has 0 unspecified atom stereocenters. The van der Waals surface area contributed by atoms with E-state index in [1.54, 1.807) is 11.8 Å². The summed E-state index contributed by atoms with van der Waals surface area (Å²) in [6.45, 7) is 12.7. The van der Waals surface area contributed by atoms with Crippen molar-refractivity contribution < 1.29 is 4.79 Å². The van der Waals surface area contributed by atoms with Crippen molar-refractivity contribution in [3.8, 4) is 0 Å². The first-order chi connectivity index (χ1) is 14.9. The van der Waals surface area contributed by atoms with Gasteiger partial charge in [0.15, 0.2) is 11.0 Å². The van der Waals surface area contributed by atoms with Gasteiger partial charge in [-0.2, -0.15) is 0 Å². The topological polar surface area (TPSA) is 59.8 Å². The number of thioether (sulfide) groups is 1. The molecule has 6 heteroatoms. The third-order valence-electron chi connectivity index (χ3n) is 5.09. The maximum Gasteiger partial charge on any atom is 0.251 e. The summed E-state index contributed by atoms with van der Waals surface area (Å²) in [5.41, 5.74) is 4.24. The summed E-state index contributed by atoms with van der Waals surface area (Å²) in [6.07, 6.45) is 1.84. The number of hydrogen-bond acceptors (Lipinski definition) is 4. The Morgan fingerprint density at radius 3 is 2.26 bits per heavy atom. The molecular formula is C25H30N4OS. The van der Waals surface area contributed by atoms with Crippen molar-refractivity contribution in [2.24, 2.45) is 5.92 Å². The lowest BCUT2D eigenvalue weighted by atomic mass is 10.0. The van der Waals surface area contributed by atoms with Gasteiger partial charge in [0.1, 0.15) is 0 Å². The number of allylic oxidation sites excluding steroid dienone is 1. The number of carbonyl (C=O) groups is 1. The Kier molecular flexibility index (Phi) is 7.69. The van der Waals surface area contributed by atoms with Crippen LogP contribution in [0, 0.1) is 19.8 Å². The Morgan fingerprint density at radius 1 is 1.06 bits per heavy atom. The summed E-state index contributed by atoms with van der Waals surface area (Å²) in [5.74, 6) is 1.59. The lowest BCUT2D eigenvalue weighted by Crippen LogP contribution is -2.33. The summed E-state index contributed by atoms with van der Waals surface area (Å²) in [7, 11) is 0. The van der Waals surface area contributed by atoms with Crippen molar-refractivity contribution in [3.05, 3.63) is 89.3 Å². The Labute approximate surface area is 189 Å². The molecule has 5 nitrogen and oxygen atoms in total. The number of amides is 1. The quantitative estimate of drug-likeness (QED) is 0.357. The van der Waals surface area contributed by atoms with E-state index in [2.05, 4.69) is 67.1 Å². The first kappa shape index (κ1) is 22.8. The van der Waals surface area contributed by atoms with Crippen LogP contribution in [0.1, 0.15) is 52.8 Å². The van der Waals surface area contributed by atoms with E-state index in [0.717, 1.165) is 22.3 Å². The highest BCUT2D eigenvalue weighted by Gasteiger charge is 2.26. The molecule has 1 heterocycles. The minimum Gasteiger partial charge on any atom is -0.342 e. The number of aromatic nitrogens is 3. The minimum absolute atomic E-state index is 0.110. The highest BCUT2D eigenvalue weighted by Crippen LogP contribution is 2.27. The van der Waals surface area contributed by atoms with E-state index in [1.165, 1.54) is 11.1 Å². The van der Waals surface area contributed by atoms with Crippen molar-refractivity contribution in [2.75, 3.05) is 0 Å². The maximum absolute atomic E-state index is 12.9. The molecule has 0 spiro atoms. The summed E-state index contributed by atoms with van der Waals surface area (Å²) in [4.78, 5) is 12.9. The van der Waals surface area contributed by atoms with Crippen LogP contribution < -0.4 is 5.32 Å². The van der Waals surface area contributed by atoms with Crippen LogP contribution in [0.4, 0.5) is 0 Å². The first-order valence-corrected chi connectivity index (χ1v) is 11.5. The molecule has 1 amide bonds. The fourth-order valence-electron chi connectivity index (χ4n) is 3.23. The Hall–Kier alpha value is -2.86. The van der Waals surface area contributed by atoms with Gasteiger partial charge in [0.2, 0.25) is 0 Å². The highest BCUT2D eigenvalue weighted by atomic mass is 32.2. The molecule has 162 valence electrons. The van der Waals surface area contributed by atoms with E-state index in [4.69, 9.17) is 0 Å². The molecule has 0 aliphatic rings. The number of nitrogens with one attached hydrogen (secondary N) is 1. The third kappa shape index (κ3) is 5.85. The zero-order chi connectivity index (χ0) is 22.4. The van der Waals surface area contributed by atoms with E-state index >= 15 is 0 Å². The zero-order valence-electron chi connectivity index (χ0n) is 18.6. The van der Waals surface area contributed by atoms with Gasteiger partial charge in [-0.05, 0) is 37.5 Å². The normalized spacial score (nSPS) is 12.0. The van der Waals surface area contributed by atoms with Gasteiger partial charge in [-0.3, -0.25) is 4.79 Å². The smallest absolute Gasteiger partial charge is 0.251 e. The molecule has 0 radical (unpaired) electrons. The van der Waals surface area contributed by atoms with Crippen LogP contribution in [-0.4, -0.2) is 20.7 Å². The van der Waals surface area contributed by atoms with E-state index in [1.807, 2.05) is 41.8 Å². The molecule has 1 atom stereocenters. The number of aryl methyl sites for hydroxylation is 2. The molecule has 2 aromatic carbocycles. The van der Waals surface area contributed by atoms with Crippen molar-refractivity contribution in [3.63, 3.8) is 0 Å². The fourth-order valence-corrected chi connectivity index (χ4v) is 4.14. The largest absolute Gasteiger partial charge is 0.342 e. The van der Waals surface area contributed by atoms with Crippen molar-refractivity contribution in [2.45, 2.75) is 51.2 Å². The van der Waals surface area contributed by atoms with Crippen LogP contribution in [0.5, 0.6) is 0 Å². The van der Waals surface area contributed by atoms with Gasteiger partial charge in [-0.1, -0.05) is 79.2 Å². The van der Waals surface area contributed by atoms with Gasteiger partial charge in [0.25, 0.3) is 5.91 Å². The van der Waals surface area contributed by atoms with Gasteiger partial charge >= 0.3 is 0 Å². The van der Waals surface area contributed by atoms with Gasteiger partial charge in [0, 0.05) is 17.9 Å². The van der Waals surface area contributed by atoms with Crippen LogP contribution in [0.2, 0.25) is 0 Å². The van der Waals surface area contributed by atoms with Gasteiger partial charge in [0.05, 0.1) is 6.04 Å². The molecule has 1 aromatic heterocycles. The van der Waals surface area contributed by atoms with Gasteiger partial charge < -0.3 is 9.88 Å². The monoisotopic (exact) mass is 434 g/mol. The fraction of sp³-hybridized carbons (Fsp3) is 0.320. The van der Waals surface area contributed by atoms with Crippen LogP contribution in [0.15, 0.2) is 66.3 Å². The van der Waals surface area contributed by atoms with Gasteiger partial charge in [-0.25, -0.2) is 0 Å². The van der Waals surface area contributed by atoms with Crippen molar-refractivity contribution >= 4 is 17.7 Å². The summed E-state index contributed by atoms with van der Waals surface area (Å²) in [6, 6.07) is 15.8. The Morgan fingerprint density at radius 2 is 1.68 bits per heavy atom. The van der Waals surface area contributed by atoms with Crippen LogP contribution in [-0.2, 0) is 12.3 Å². The standard InChI is InChI=1S/C25H30N4OS/c1-6-15-29-23(27-28-25(29)31-16-20-11-7-18(4)8-12-20)22(17(2)3)26-24(30)21-13-9-19(5)10-14-21/h6-14,17,22H,1,15-16H2,2-5H3,(H,26,30)/t22-/m1/s1. The van der Waals surface area contributed by atoms with E-state index in [0.29, 0.717) is 12.1 Å². The SMILES string of the molecule is C=CCn1c(SCc2ccc(C)cc2)nnc1[C@H](NC(=O)c1ccc(C)cc1)C(C)C. The second kappa shape index (κ2) is 10.4. The molecule has 3 rings (SSSR count). The highest BCUT2D eigenvalue weighted by molar-refractivity contribution is 7.98. The number of carbonyl (C=O) groups excluding carboxylic acids is 1. The Bertz CT molecular complexity index is 1020. The summed E-state index contributed by atoms with van der Waals surface area (Å²) < 4.78 is 2.05. The molecule has 31 heavy (non-hydrogen) atoms. The number of benzene rings is 2. The number of rotatable bonds is 9. The average Bonchev–Trinajstić information content (AvgIpc) is 3.14. The lowest BCUT2D eigenvalue weighted by Gasteiger charge is -2.22. The second-order valence-corrected chi connectivity index (χ2v) is 9.02. The molecule has 1 N–H and O–H groups in total. The molecule has 0 aliphatic heterocycles. The van der Waals surface area contributed by atoms with E-state index in [-0.39, 0.29) is 17.9 Å². The molecule has 0 aliphatic carbocycles. The van der Waals surface area contributed by atoms with Gasteiger partial charge in [-0.15, -0.1) is 16.8 Å². The summed E-state index contributed by atoms with van der Waals surface area (Å²) >= 11 is 1.64. The average molecular weight is 435 g/mol. The molecule has 0 fully saturated rings. The maximum atomic E-state index is 12.9. The lowest BCUT2D eigenvalue weighted by molar-refractivity contribution is 0.0922. The minimum atomic E-state index is -0.255. The first-order valence-electron chi connectivity index (χ1n) is 10.5. The second-order valence-electron chi connectivity index (χ2n) is 8.08. The predicted molar refractivity (Wildman–Crippen MR) is 127 cm³/mol. The number of hydrogen-bond donors (Lipinski definition) is 1. The molecule has 0 saturated carbocycles. The predicted octanol–water partition coefficient (Wildman–Crippen LogP) is 5.50. The summed E-state index contributed by atoms with van der Waals surface area (Å²) in [5, 5.41) is 12.9. The van der Waals surface area contributed by atoms with Crippen LogP contribution in [0.25, 0.3) is 0 Å².